The smallest absolute Gasteiger partial charge is 0.254 e. The molecule has 0 unspecified atom stereocenters. The van der Waals surface area contributed by atoms with Gasteiger partial charge in [0, 0.05) is 31.6 Å². The van der Waals surface area contributed by atoms with Gasteiger partial charge >= 0.3 is 0 Å². The molecular formula is C26H27N3O4S. The molecule has 2 amide bonds. The Morgan fingerprint density at radius 1 is 1.03 bits per heavy atom. The quantitative estimate of drug-likeness (QED) is 0.455. The van der Waals surface area contributed by atoms with Crippen molar-refractivity contribution in [1.82, 2.24) is 9.88 Å². The van der Waals surface area contributed by atoms with Crippen molar-refractivity contribution in [1.29, 1.82) is 0 Å². The number of aromatic nitrogens is 1. The zero-order chi connectivity index (χ0) is 23.9. The van der Waals surface area contributed by atoms with Crippen molar-refractivity contribution in [3.8, 4) is 23.1 Å². The summed E-state index contributed by atoms with van der Waals surface area (Å²) < 4.78 is 11.7. The predicted octanol–water partition coefficient (Wildman–Crippen LogP) is 4.79. The van der Waals surface area contributed by atoms with Crippen molar-refractivity contribution >= 4 is 24.4 Å². The summed E-state index contributed by atoms with van der Waals surface area (Å²) in [4.78, 5) is 30.7. The van der Waals surface area contributed by atoms with E-state index in [4.69, 9.17) is 15.2 Å². The molecule has 176 valence electrons. The van der Waals surface area contributed by atoms with Crippen LogP contribution in [0.2, 0.25) is 0 Å². The van der Waals surface area contributed by atoms with E-state index in [1.807, 2.05) is 35.2 Å². The third-order valence-corrected chi connectivity index (χ3v) is 5.95. The lowest BCUT2D eigenvalue weighted by Crippen LogP contribution is -2.39. The molecule has 1 aliphatic rings. The fraction of sp³-hybridized carbons (Fsp3) is 0.269. The highest BCUT2D eigenvalue weighted by Gasteiger charge is 2.26. The summed E-state index contributed by atoms with van der Waals surface area (Å²) in [5.74, 6) is 2.14. The monoisotopic (exact) mass is 477 g/mol. The molecule has 0 radical (unpaired) electrons. The zero-order valence-electron chi connectivity index (χ0n) is 18.7. The van der Waals surface area contributed by atoms with Gasteiger partial charge < -0.3 is 20.1 Å². The number of hydrogen-bond acceptors (Lipinski definition) is 6. The molecule has 1 aromatic heterocycles. The molecule has 1 aliphatic heterocycles. The molecule has 2 heterocycles. The van der Waals surface area contributed by atoms with Crippen molar-refractivity contribution in [3.63, 3.8) is 0 Å². The summed E-state index contributed by atoms with van der Waals surface area (Å²) in [6.45, 7) is 1.33. The fourth-order valence-corrected chi connectivity index (χ4v) is 4.18. The predicted molar refractivity (Wildman–Crippen MR) is 133 cm³/mol. The van der Waals surface area contributed by atoms with Gasteiger partial charge in [-0.25, -0.2) is 4.98 Å². The molecule has 2 aromatic carbocycles. The molecule has 7 nitrogen and oxygen atoms in total. The van der Waals surface area contributed by atoms with Gasteiger partial charge in [0.2, 0.25) is 11.8 Å². The van der Waals surface area contributed by atoms with Gasteiger partial charge in [0.05, 0.1) is 0 Å². The summed E-state index contributed by atoms with van der Waals surface area (Å²) in [5, 5.41) is 0. The van der Waals surface area contributed by atoms with Crippen molar-refractivity contribution < 1.29 is 19.1 Å². The maximum atomic E-state index is 12.3. The maximum absolute atomic E-state index is 12.3. The molecular weight excluding hydrogens is 450 g/mol. The number of nitrogens with two attached hydrogens (primary N) is 1. The molecule has 2 N–H and O–H groups in total. The Morgan fingerprint density at radius 2 is 1.71 bits per heavy atom. The Kier molecular flexibility index (Phi) is 7.69. The van der Waals surface area contributed by atoms with Crippen LogP contribution in [0.1, 0.15) is 41.1 Å². The first kappa shape index (κ1) is 23.6. The number of carbonyl (C=O) groups excluding carboxylic acids is 2. The highest BCUT2D eigenvalue weighted by molar-refractivity contribution is 7.80. The second-order valence-corrected chi connectivity index (χ2v) is 8.57. The van der Waals surface area contributed by atoms with Gasteiger partial charge in [-0.15, -0.1) is 0 Å². The normalized spacial score (nSPS) is 15.6. The minimum Gasteiger partial charge on any atom is -0.457 e. The number of nitrogens with zero attached hydrogens (tertiary/aromatic N) is 2. The summed E-state index contributed by atoms with van der Waals surface area (Å²) >= 11 is 4.16. The number of carbonyl (C=O) groups is 2. The number of thiol groups is 1. The summed E-state index contributed by atoms with van der Waals surface area (Å²) in [7, 11) is 0. The van der Waals surface area contributed by atoms with Crippen molar-refractivity contribution in [3.05, 3.63) is 78.0 Å². The molecule has 1 saturated heterocycles. The minimum absolute atomic E-state index is 0.0895. The van der Waals surface area contributed by atoms with Gasteiger partial charge in [0.25, 0.3) is 5.91 Å². The van der Waals surface area contributed by atoms with E-state index in [-0.39, 0.29) is 23.3 Å². The molecule has 3 aromatic rings. The van der Waals surface area contributed by atoms with Gasteiger partial charge in [-0.1, -0.05) is 18.2 Å². The first-order valence-electron chi connectivity index (χ1n) is 11.2. The molecule has 0 aliphatic carbocycles. The second kappa shape index (κ2) is 11.1. The molecule has 0 saturated carbocycles. The highest BCUT2D eigenvalue weighted by Crippen LogP contribution is 2.32. The lowest BCUT2D eigenvalue weighted by Gasteiger charge is -2.33. The number of ether oxygens (including phenoxy) is 2. The number of amides is 2. The molecule has 8 heteroatoms. The van der Waals surface area contributed by atoms with E-state index in [0.717, 1.165) is 30.7 Å². The van der Waals surface area contributed by atoms with Gasteiger partial charge in [0.1, 0.15) is 22.8 Å². The third kappa shape index (κ3) is 5.88. The highest BCUT2D eigenvalue weighted by atomic mass is 32.1. The van der Waals surface area contributed by atoms with Gasteiger partial charge in [0.15, 0.2) is 0 Å². The molecule has 34 heavy (non-hydrogen) atoms. The Labute approximate surface area is 204 Å². The Hall–Kier alpha value is -3.52. The number of primary amides is 1. The second-order valence-electron chi connectivity index (χ2n) is 8.13. The first-order valence-corrected chi connectivity index (χ1v) is 11.9. The molecule has 1 atom stereocenters. The number of likely N-dealkylation sites (tertiary alicyclic amines) is 1. The maximum Gasteiger partial charge on any atom is 0.254 e. The van der Waals surface area contributed by atoms with Crippen molar-refractivity contribution in [2.45, 2.75) is 25.2 Å². The number of pyridine rings is 1. The van der Waals surface area contributed by atoms with E-state index < -0.39 is 5.91 Å². The third-order valence-electron chi connectivity index (χ3n) is 5.73. The topological polar surface area (TPSA) is 94.8 Å². The summed E-state index contributed by atoms with van der Waals surface area (Å²) in [6.07, 6.45) is 3.92. The number of piperidine rings is 1. The number of benzene rings is 2. The van der Waals surface area contributed by atoms with E-state index in [0.29, 0.717) is 30.2 Å². The van der Waals surface area contributed by atoms with Crippen LogP contribution in [0, 0.1) is 0 Å². The van der Waals surface area contributed by atoms with Gasteiger partial charge in [-0.3, -0.25) is 9.59 Å². The van der Waals surface area contributed by atoms with Crippen molar-refractivity contribution in [2.24, 2.45) is 5.73 Å². The largest absolute Gasteiger partial charge is 0.457 e. The first-order chi connectivity index (χ1) is 16.5. The van der Waals surface area contributed by atoms with Crippen LogP contribution < -0.4 is 15.2 Å². The van der Waals surface area contributed by atoms with E-state index >= 15 is 0 Å². The Morgan fingerprint density at radius 3 is 2.38 bits per heavy atom. The minimum atomic E-state index is -0.618. The summed E-state index contributed by atoms with van der Waals surface area (Å²) in [6, 6.07) is 18.2. The molecule has 0 bridgehead atoms. The van der Waals surface area contributed by atoms with Crippen LogP contribution in [0.5, 0.6) is 23.1 Å². The zero-order valence-corrected chi connectivity index (χ0v) is 19.6. The standard InChI is InChI=1S/C26H27N3O4S/c27-25(31)23-15-19(18-5-4-13-29(17-18)24(30)12-14-34)16-28-26(23)33-22-10-8-21(9-11-22)32-20-6-2-1-3-7-20/h1-3,6-11,15-16,18,34H,4-5,12-14,17H2,(H2,27,31)/t18-/m0/s1. The van der Waals surface area contributed by atoms with Crippen LogP contribution in [0.4, 0.5) is 0 Å². The van der Waals surface area contributed by atoms with E-state index in [2.05, 4.69) is 17.6 Å². The van der Waals surface area contributed by atoms with Crippen LogP contribution in [-0.2, 0) is 4.79 Å². The van der Waals surface area contributed by atoms with Crippen LogP contribution in [0.15, 0.2) is 66.9 Å². The van der Waals surface area contributed by atoms with Gasteiger partial charge in [-0.2, -0.15) is 12.6 Å². The molecule has 4 rings (SSSR count). The van der Waals surface area contributed by atoms with Crippen LogP contribution >= 0.6 is 12.6 Å². The van der Waals surface area contributed by atoms with E-state index in [9.17, 15) is 9.59 Å². The van der Waals surface area contributed by atoms with Crippen molar-refractivity contribution in [2.75, 3.05) is 18.8 Å². The van der Waals surface area contributed by atoms with Crippen LogP contribution in [-0.4, -0.2) is 40.5 Å². The Bertz CT molecular complexity index is 1140. The lowest BCUT2D eigenvalue weighted by atomic mass is 9.90. The van der Waals surface area contributed by atoms with E-state index in [1.165, 1.54) is 0 Å². The fourth-order valence-electron chi connectivity index (χ4n) is 3.99. The SMILES string of the molecule is NC(=O)c1cc([C@H]2CCCN(C(=O)CCS)C2)cnc1Oc1ccc(Oc2ccccc2)cc1. The Balaban J connectivity index is 1.47. The van der Waals surface area contributed by atoms with Gasteiger partial charge in [-0.05, 0) is 66.6 Å². The van der Waals surface area contributed by atoms with Crippen LogP contribution in [0.25, 0.3) is 0 Å². The number of rotatable bonds is 8. The van der Waals surface area contributed by atoms with E-state index in [1.54, 1.807) is 36.5 Å². The number of hydrogen-bond donors (Lipinski definition) is 2. The number of para-hydroxylation sites is 1. The average molecular weight is 478 g/mol. The molecule has 1 fully saturated rings. The summed E-state index contributed by atoms with van der Waals surface area (Å²) in [5.41, 5.74) is 6.72. The lowest BCUT2D eigenvalue weighted by molar-refractivity contribution is -0.131. The average Bonchev–Trinajstić information content (AvgIpc) is 2.86. The van der Waals surface area contributed by atoms with Crippen LogP contribution in [0.3, 0.4) is 0 Å². The molecule has 0 spiro atoms.